The van der Waals surface area contributed by atoms with E-state index in [0.29, 0.717) is 62.7 Å². The van der Waals surface area contributed by atoms with Crippen molar-refractivity contribution in [2.24, 2.45) is 29.6 Å². The van der Waals surface area contributed by atoms with E-state index in [0.717, 1.165) is 17.6 Å². The molecule has 5 rings (SSSR count). The van der Waals surface area contributed by atoms with E-state index in [2.05, 4.69) is 19.1 Å². The summed E-state index contributed by atoms with van der Waals surface area (Å²) < 4.78 is 41.9. The number of nitrogens with zero attached hydrogens (tertiary/aromatic N) is 1. The molecule has 3 heterocycles. The first kappa shape index (κ1) is 53.2. The van der Waals surface area contributed by atoms with Crippen molar-refractivity contribution in [2.45, 2.75) is 167 Å². The molecule has 13 unspecified atom stereocenters. The minimum atomic E-state index is -2.49. The first-order chi connectivity index (χ1) is 31.5. The number of carbonyl (C=O) groups is 5. The Morgan fingerprint density at radius 2 is 1.62 bits per heavy atom. The highest BCUT2D eigenvalue weighted by Gasteiger charge is 2.56. The zero-order valence-corrected chi connectivity index (χ0v) is 41.1. The molecule has 14 nitrogen and oxygen atoms in total. The number of allylic oxidation sites excluding steroid dienone is 3. The summed E-state index contributed by atoms with van der Waals surface area (Å²) in [7, 11) is 6.29. The van der Waals surface area contributed by atoms with Gasteiger partial charge < -0.3 is 43.2 Å². The molecule has 13 atom stereocenters. The van der Waals surface area contributed by atoms with Crippen LogP contribution in [0.2, 0.25) is 0 Å². The van der Waals surface area contributed by atoms with Crippen LogP contribution in [-0.4, -0.2) is 129 Å². The monoisotopic (exact) mass is 924 g/mol. The molecule has 2 saturated heterocycles. The van der Waals surface area contributed by atoms with Gasteiger partial charge in [-0.05, 0) is 120 Å². The summed E-state index contributed by atoms with van der Waals surface area (Å²) in [5.41, 5.74) is 2.38. The van der Waals surface area contributed by atoms with Gasteiger partial charge in [0.1, 0.15) is 36.4 Å². The number of amides is 1. The first-order valence-electron chi connectivity index (χ1n) is 24.2. The molecule has 368 valence electrons. The number of aliphatic hydroxyl groups is 1. The molecule has 14 heteroatoms. The van der Waals surface area contributed by atoms with Crippen LogP contribution in [0.15, 0.2) is 47.6 Å². The van der Waals surface area contributed by atoms with Crippen LogP contribution >= 0.6 is 0 Å². The Morgan fingerprint density at radius 1 is 0.909 bits per heavy atom. The predicted molar refractivity (Wildman–Crippen MR) is 248 cm³/mol. The van der Waals surface area contributed by atoms with Gasteiger partial charge in [0.05, 0.1) is 31.5 Å². The van der Waals surface area contributed by atoms with Gasteiger partial charge in [-0.15, -0.1) is 0 Å². The van der Waals surface area contributed by atoms with Crippen LogP contribution in [0.3, 0.4) is 0 Å². The Morgan fingerprint density at radius 3 is 2.30 bits per heavy atom. The number of cyclic esters (lactones) is 1. The molecule has 3 aliphatic heterocycles. The third-order valence-corrected chi connectivity index (χ3v) is 14.6. The Balaban J connectivity index is 1.42. The standard InChI is InChI=1S/C52H77NO13/c1-11-37-24-31(2)23-32(3)25-45(62-9)48-46(63-10)27-35(6)52(59,66-48)49(56)50(57)53-22-13-12-17-40(53)51(58)65-47(33(4)18-20-41(37)54)34(5)26-36-19-21-43(44(28-36)61-8)64-30-42(55)38-15-14-16-39(29-38)60-7/h14-16,24,26,29,32-33,35-37,40,43-48,59H,11-13,17-23,25,27-28,30H2,1-10H3. The maximum atomic E-state index is 14.5. The number of ether oxygens (including phenoxy) is 7. The van der Waals surface area contributed by atoms with Crippen LogP contribution in [0.1, 0.15) is 129 Å². The van der Waals surface area contributed by atoms with Gasteiger partial charge in [-0.3, -0.25) is 19.2 Å². The van der Waals surface area contributed by atoms with E-state index in [1.54, 1.807) is 59.6 Å². The molecule has 66 heavy (non-hydrogen) atoms. The number of methoxy groups -OCH3 is 4. The molecule has 1 saturated carbocycles. The maximum absolute atomic E-state index is 14.5. The second kappa shape index (κ2) is 24.5. The van der Waals surface area contributed by atoms with Crippen LogP contribution in [0, 0.1) is 29.6 Å². The summed E-state index contributed by atoms with van der Waals surface area (Å²) in [6.07, 6.45) is 7.08. The second-order valence-corrected chi connectivity index (χ2v) is 19.5. The number of Topliss-reactive ketones (excluding diaryl/α,β-unsaturated/α-hetero) is 3. The average molecular weight is 924 g/mol. The number of piperidine rings is 1. The van der Waals surface area contributed by atoms with Gasteiger partial charge in [-0.1, -0.05) is 57.6 Å². The molecule has 0 radical (unpaired) electrons. The first-order valence-corrected chi connectivity index (χ1v) is 24.2. The van der Waals surface area contributed by atoms with Gasteiger partial charge in [-0.25, -0.2) is 4.79 Å². The molecule has 1 aromatic carbocycles. The van der Waals surface area contributed by atoms with Gasteiger partial charge in [-0.2, -0.15) is 0 Å². The van der Waals surface area contributed by atoms with Gasteiger partial charge in [0, 0.05) is 51.7 Å². The maximum Gasteiger partial charge on any atom is 0.329 e. The number of esters is 1. The van der Waals surface area contributed by atoms with Crippen molar-refractivity contribution in [3.05, 3.63) is 53.1 Å². The van der Waals surface area contributed by atoms with E-state index in [4.69, 9.17) is 33.2 Å². The fraction of sp³-hybridized carbons (Fsp3) is 0.712. The quantitative estimate of drug-likeness (QED) is 0.101. The van der Waals surface area contributed by atoms with Crippen molar-refractivity contribution in [3.63, 3.8) is 0 Å². The molecular weight excluding hydrogens is 847 g/mol. The van der Waals surface area contributed by atoms with Crippen LogP contribution in [0.5, 0.6) is 5.75 Å². The van der Waals surface area contributed by atoms with E-state index >= 15 is 0 Å². The lowest BCUT2D eigenvalue weighted by Gasteiger charge is -2.47. The van der Waals surface area contributed by atoms with E-state index < -0.39 is 59.8 Å². The lowest BCUT2D eigenvalue weighted by atomic mass is 9.82. The molecule has 1 N–H and O–H groups in total. The molecular formula is C52H77NO13. The van der Waals surface area contributed by atoms with Gasteiger partial charge in [0.15, 0.2) is 5.78 Å². The van der Waals surface area contributed by atoms with E-state index in [1.807, 2.05) is 27.7 Å². The zero-order valence-electron chi connectivity index (χ0n) is 41.1. The number of hydrogen-bond donors (Lipinski definition) is 1. The van der Waals surface area contributed by atoms with Crippen molar-refractivity contribution >= 4 is 29.2 Å². The number of benzene rings is 1. The molecule has 1 aliphatic carbocycles. The number of carbonyl (C=O) groups excluding carboxylic acids is 5. The third-order valence-electron chi connectivity index (χ3n) is 14.6. The third kappa shape index (κ3) is 13.0. The highest BCUT2D eigenvalue weighted by atomic mass is 16.7. The smallest absolute Gasteiger partial charge is 0.329 e. The molecule has 1 aromatic rings. The van der Waals surface area contributed by atoms with Crippen molar-refractivity contribution in [2.75, 3.05) is 41.6 Å². The number of rotatable bonds is 11. The zero-order chi connectivity index (χ0) is 48.3. The molecule has 2 bridgehead atoms. The molecule has 0 aromatic heterocycles. The summed E-state index contributed by atoms with van der Waals surface area (Å²) in [4.78, 5) is 71.4. The van der Waals surface area contributed by atoms with E-state index in [1.165, 1.54) is 4.90 Å². The Labute approximate surface area is 392 Å². The molecule has 0 spiro atoms. The molecule has 4 aliphatic rings. The number of hydrogen-bond acceptors (Lipinski definition) is 13. The fourth-order valence-corrected chi connectivity index (χ4v) is 10.6. The predicted octanol–water partition coefficient (Wildman–Crippen LogP) is 7.42. The fourth-order valence-electron chi connectivity index (χ4n) is 10.6. The molecule has 1 amide bonds. The second-order valence-electron chi connectivity index (χ2n) is 19.5. The Hall–Kier alpha value is -3.79. The van der Waals surface area contributed by atoms with Crippen molar-refractivity contribution in [1.82, 2.24) is 4.90 Å². The summed E-state index contributed by atoms with van der Waals surface area (Å²) in [5, 5.41) is 12.1. The Bertz CT molecular complexity index is 1900. The molecule has 3 fully saturated rings. The van der Waals surface area contributed by atoms with E-state index in [-0.39, 0.29) is 79.9 Å². The van der Waals surface area contributed by atoms with Gasteiger partial charge >= 0.3 is 5.97 Å². The normalized spacial score (nSPS) is 35.0. The van der Waals surface area contributed by atoms with Crippen LogP contribution in [-0.2, 0) is 47.6 Å². The van der Waals surface area contributed by atoms with Gasteiger partial charge in [0.2, 0.25) is 5.79 Å². The van der Waals surface area contributed by atoms with Crippen LogP contribution < -0.4 is 4.74 Å². The highest BCUT2D eigenvalue weighted by molar-refractivity contribution is 6.39. The summed E-state index contributed by atoms with van der Waals surface area (Å²) >= 11 is 0. The van der Waals surface area contributed by atoms with Crippen molar-refractivity contribution < 1.29 is 62.2 Å². The number of ketones is 3. The van der Waals surface area contributed by atoms with Crippen molar-refractivity contribution in [3.8, 4) is 5.75 Å². The summed E-state index contributed by atoms with van der Waals surface area (Å²) in [6.45, 7) is 11.7. The lowest BCUT2D eigenvalue weighted by molar-refractivity contribution is -0.302. The number of fused-ring (bicyclic) bond motifs is 3. The topological polar surface area (TPSA) is 173 Å². The summed E-state index contributed by atoms with van der Waals surface area (Å²) in [5.74, 6) is -5.99. The van der Waals surface area contributed by atoms with E-state index in [9.17, 15) is 29.1 Å². The highest BCUT2D eigenvalue weighted by Crippen LogP contribution is 2.39. The average Bonchev–Trinajstić information content (AvgIpc) is 3.32. The lowest BCUT2D eigenvalue weighted by Crippen LogP contribution is -2.64. The Kier molecular flexibility index (Phi) is 19.7. The summed E-state index contributed by atoms with van der Waals surface area (Å²) in [6, 6.07) is 5.90. The van der Waals surface area contributed by atoms with Crippen LogP contribution in [0.25, 0.3) is 0 Å². The SMILES string of the molecule is CCC1C=C(C)CC(C)CC(OC)C2OC(O)(C(=O)C(=O)N3CCCCC3C(=O)OC(C(C)=CC3CCC(OCC(=O)c4cccc(OC)c4)C(OC)C3)C(C)CCC1=O)C(C)CC2OC. The minimum absolute atomic E-state index is 0.0318. The van der Waals surface area contributed by atoms with Gasteiger partial charge in [0.25, 0.3) is 11.7 Å². The minimum Gasteiger partial charge on any atom is -0.497 e. The largest absolute Gasteiger partial charge is 0.497 e. The van der Waals surface area contributed by atoms with Crippen LogP contribution in [0.4, 0.5) is 0 Å². The van der Waals surface area contributed by atoms with Crippen molar-refractivity contribution in [1.29, 1.82) is 0 Å².